The number of phenols is 1. The van der Waals surface area contributed by atoms with Crippen molar-refractivity contribution in [3.8, 4) is 11.5 Å². The Bertz CT molecular complexity index is 696. The Morgan fingerprint density at radius 1 is 1.23 bits per heavy atom. The van der Waals surface area contributed by atoms with Gasteiger partial charge in [-0.3, -0.25) is 4.79 Å². The number of nitrogens with one attached hydrogen (secondary N) is 1. The van der Waals surface area contributed by atoms with Gasteiger partial charge in [0.1, 0.15) is 11.5 Å². The number of hydrazone groups is 1. The summed E-state index contributed by atoms with van der Waals surface area (Å²) in [6, 6.07) is 14.2. The van der Waals surface area contributed by atoms with Crippen LogP contribution in [0.3, 0.4) is 0 Å². The van der Waals surface area contributed by atoms with E-state index in [0.29, 0.717) is 11.5 Å². The lowest BCUT2D eigenvalue weighted by Gasteiger charge is -2.08. The van der Waals surface area contributed by atoms with Gasteiger partial charge in [0.25, 0.3) is 5.91 Å². The average molecular weight is 298 g/mol. The number of hydrogen-bond acceptors (Lipinski definition) is 4. The molecule has 2 N–H and O–H groups in total. The molecule has 114 valence electrons. The van der Waals surface area contributed by atoms with Crippen LogP contribution in [0.4, 0.5) is 0 Å². The third kappa shape index (κ3) is 4.34. The normalized spacial score (nSPS) is 11.1. The fourth-order valence-electron chi connectivity index (χ4n) is 1.84. The number of phenolic OH excluding ortho intramolecular Hbond substituents is 1. The number of rotatable bonds is 5. The smallest absolute Gasteiger partial charge is 0.277 e. The van der Waals surface area contributed by atoms with Gasteiger partial charge in [0.15, 0.2) is 6.61 Å². The number of ether oxygens (including phenoxy) is 1. The highest BCUT2D eigenvalue weighted by atomic mass is 16.5. The quantitative estimate of drug-likeness (QED) is 0.658. The van der Waals surface area contributed by atoms with Crippen LogP contribution in [-0.2, 0) is 4.79 Å². The minimum atomic E-state index is -0.345. The van der Waals surface area contributed by atoms with Crippen molar-refractivity contribution in [3.63, 3.8) is 0 Å². The molecule has 22 heavy (non-hydrogen) atoms. The zero-order valence-electron chi connectivity index (χ0n) is 12.5. The number of aryl methyl sites for hydroxylation is 1. The summed E-state index contributed by atoms with van der Waals surface area (Å²) < 4.78 is 5.43. The second kappa shape index (κ2) is 7.26. The van der Waals surface area contributed by atoms with E-state index < -0.39 is 0 Å². The topological polar surface area (TPSA) is 70.9 Å². The highest BCUT2D eigenvalue weighted by Crippen LogP contribution is 2.15. The molecule has 2 aromatic rings. The molecule has 0 heterocycles. The molecule has 5 heteroatoms. The van der Waals surface area contributed by atoms with Crippen molar-refractivity contribution in [2.45, 2.75) is 13.8 Å². The molecule has 0 saturated carbocycles. The van der Waals surface area contributed by atoms with E-state index in [1.165, 1.54) is 0 Å². The lowest BCUT2D eigenvalue weighted by Crippen LogP contribution is -2.25. The van der Waals surface area contributed by atoms with Crippen LogP contribution in [0.15, 0.2) is 53.6 Å². The summed E-state index contributed by atoms with van der Waals surface area (Å²) in [7, 11) is 0. The minimum absolute atomic E-state index is 0.109. The zero-order chi connectivity index (χ0) is 15.9. The number of carbonyl (C=O) groups is 1. The van der Waals surface area contributed by atoms with Crippen LogP contribution in [-0.4, -0.2) is 23.3 Å². The largest absolute Gasteiger partial charge is 0.508 e. The second-order valence-corrected chi connectivity index (χ2v) is 4.84. The summed E-state index contributed by atoms with van der Waals surface area (Å²) >= 11 is 0. The molecule has 0 radical (unpaired) electrons. The summed E-state index contributed by atoms with van der Waals surface area (Å²) in [5.74, 6) is 0.482. The first kappa shape index (κ1) is 15.6. The first-order valence-corrected chi connectivity index (χ1v) is 6.87. The van der Waals surface area contributed by atoms with E-state index in [1.807, 2.05) is 31.2 Å². The predicted molar refractivity (Wildman–Crippen MR) is 85.1 cm³/mol. The van der Waals surface area contributed by atoms with E-state index in [1.54, 1.807) is 31.2 Å². The van der Waals surface area contributed by atoms with Crippen LogP contribution in [0, 0.1) is 6.92 Å². The second-order valence-electron chi connectivity index (χ2n) is 4.84. The fraction of sp³-hybridized carbons (Fsp3) is 0.176. The third-order valence-corrected chi connectivity index (χ3v) is 3.06. The number of para-hydroxylation sites is 1. The van der Waals surface area contributed by atoms with Gasteiger partial charge in [-0.1, -0.05) is 30.3 Å². The molecular formula is C17H18N2O3. The van der Waals surface area contributed by atoms with Crippen LogP contribution in [0.1, 0.15) is 18.1 Å². The summed E-state index contributed by atoms with van der Waals surface area (Å²) in [6.07, 6.45) is 0. The van der Waals surface area contributed by atoms with Gasteiger partial charge in [-0.15, -0.1) is 0 Å². The lowest BCUT2D eigenvalue weighted by atomic mass is 10.1. The van der Waals surface area contributed by atoms with Gasteiger partial charge in [-0.2, -0.15) is 5.10 Å². The molecule has 0 aromatic heterocycles. The summed E-state index contributed by atoms with van der Waals surface area (Å²) in [5, 5.41) is 13.4. The maximum absolute atomic E-state index is 11.7. The van der Waals surface area contributed by atoms with Crippen molar-refractivity contribution >= 4 is 11.6 Å². The minimum Gasteiger partial charge on any atom is -0.508 e. The van der Waals surface area contributed by atoms with Gasteiger partial charge in [0.05, 0.1) is 5.71 Å². The molecule has 2 aromatic carbocycles. The highest BCUT2D eigenvalue weighted by molar-refractivity contribution is 5.99. The molecule has 5 nitrogen and oxygen atoms in total. The average Bonchev–Trinajstić information content (AvgIpc) is 2.52. The molecule has 1 amide bonds. The fourth-order valence-corrected chi connectivity index (χ4v) is 1.84. The Hall–Kier alpha value is -2.82. The Balaban J connectivity index is 1.90. The van der Waals surface area contributed by atoms with E-state index in [4.69, 9.17) is 4.74 Å². The highest BCUT2D eigenvalue weighted by Gasteiger charge is 2.04. The van der Waals surface area contributed by atoms with Crippen molar-refractivity contribution in [1.29, 1.82) is 0 Å². The Labute approximate surface area is 129 Å². The molecular weight excluding hydrogens is 280 g/mol. The van der Waals surface area contributed by atoms with Crippen LogP contribution in [0.2, 0.25) is 0 Å². The summed E-state index contributed by atoms with van der Waals surface area (Å²) in [6.45, 7) is 3.55. The molecule has 0 spiro atoms. The molecule has 0 saturated heterocycles. The van der Waals surface area contributed by atoms with Crippen molar-refractivity contribution in [2.75, 3.05) is 6.61 Å². The molecule has 0 atom stereocenters. The van der Waals surface area contributed by atoms with Crippen molar-refractivity contribution in [3.05, 3.63) is 59.7 Å². The number of nitrogens with zero attached hydrogens (tertiary/aromatic N) is 1. The van der Waals surface area contributed by atoms with Gasteiger partial charge in [0.2, 0.25) is 0 Å². The third-order valence-electron chi connectivity index (χ3n) is 3.06. The van der Waals surface area contributed by atoms with Crippen LogP contribution in [0.5, 0.6) is 11.5 Å². The standard InChI is InChI=1S/C17H18N2O3/c1-12-6-3-4-9-16(12)22-11-17(21)19-18-13(2)14-7-5-8-15(20)10-14/h3-10,20H,11H2,1-2H3,(H,19,21)/b18-13-. The first-order chi connectivity index (χ1) is 10.6. The van der Waals surface area contributed by atoms with Crippen molar-refractivity contribution in [2.24, 2.45) is 5.10 Å². The lowest BCUT2D eigenvalue weighted by molar-refractivity contribution is -0.123. The Morgan fingerprint density at radius 2 is 2.00 bits per heavy atom. The molecule has 0 aliphatic carbocycles. The van der Waals surface area contributed by atoms with Gasteiger partial charge in [-0.05, 0) is 37.6 Å². The van der Waals surface area contributed by atoms with Gasteiger partial charge < -0.3 is 9.84 Å². The van der Waals surface area contributed by atoms with E-state index in [2.05, 4.69) is 10.5 Å². The van der Waals surface area contributed by atoms with Crippen molar-refractivity contribution < 1.29 is 14.6 Å². The first-order valence-electron chi connectivity index (χ1n) is 6.87. The number of carbonyl (C=O) groups excluding carboxylic acids is 1. The number of hydrogen-bond donors (Lipinski definition) is 2. The van der Waals surface area contributed by atoms with Crippen LogP contribution in [0.25, 0.3) is 0 Å². The number of amides is 1. The number of benzene rings is 2. The van der Waals surface area contributed by atoms with Crippen molar-refractivity contribution in [1.82, 2.24) is 5.43 Å². The van der Waals surface area contributed by atoms with Crippen LogP contribution >= 0.6 is 0 Å². The predicted octanol–water partition coefficient (Wildman–Crippen LogP) is 2.62. The zero-order valence-corrected chi connectivity index (χ0v) is 12.5. The van der Waals surface area contributed by atoms with Gasteiger partial charge in [-0.25, -0.2) is 5.43 Å². The van der Waals surface area contributed by atoms with Crippen LogP contribution < -0.4 is 10.2 Å². The summed E-state index contributed by atoms with van der Waals surface area (Å²) in [5.41, 5.74) is 4.73. The SMILES string of the molecule is C/C(=N/NC(=O)COc1ccccc1C)c1cccc(O)c1. The molecule has 0 bridgehead atoms. The Morgan fingerprint density at radius 3 is 2.73 bits per heavy atom. The molecule has 2 rings (SSSR count). The molecule has 0 aliphatic heterocycles. The van der Waals surface area contributed by atoms with E-state index in [0.717, 1.165) is 11.1 Å². The van der Waals surface area contributed by atoms with Gasteiger partial charge in [0, 0.05) is 5.56 Å². The molecule has 0 aliphatic rings. The van der Waals surface area contributed by atoms with Gasteiger partial charge >= 0.3 is 0 Å². The maximum atomic E-state index is 11.7. The maximum Gasteiger partial charge on any atom is 0.277 e. The summed E-state index contributed by atoms with van der Waals surface area (Å²) in [4.78, 5) is 11.7. The number of aromatic hydroxyl groups is 1. The van der Waals surface area contributed by atoms with E-state index >= 15 is 0 Å². The monoisotopic (exact) mass is 298 g/mol. The van der Waals surface area contributed by atoms with E-state index in [-0.39, 0.29) is 18.3 Å². The van der Waals surface area contributed by atoms with E-state index in [9.17, 15) is 9.90 Å². The Kier molecular flexibility index (Phi) is 5.14. The molecule has 0 fully saturated rings. The molecule has 0 unspecified atom stereocenters.